The number of hydrogen-bond donors (Lipinski definition) is 1. The molecule has 1 saturated heterocycles. The van der Waals surface area contributed by atoms with Crippen molar-refractivity contribution in [2.75, 3.05) is 27.3 Å². The first kappa shape index (κ1) is 27.9. The molecule has 39 heavy (non-hydrogen) atoms. The summed E-state index contributed by atoms with van der Waals surface area (Å²) < 4.78 is 13.3. The Balaban J connectivity index is 1.76. The maximum Gasteiger partial charge on any atom is 0.332 e. The number of nitrogens with one attached hydrogen (secondary N) is 1. The Morgan fingerprint density at radius 2 is 1.59 bits per heavy atom. The Hall–Kier alpha value is -4.08. The third kappa shape index (κ3) is 6.00. The van der Waals surface area contributed by atoms with Gasteiger partial charge in [-0.3, -0.25) is 23.5 Å². The van der Waals surface area contributed by atoms with Gasteiger partial charge in [-0.2, -0.15) is 0 Å². The zero-order valence-corrected chi connectivity index (χ0v) is 23.0. The van der Waals surface area contributed by atoms with Gasteiger partial charge < -0.3 is 19.7 Å². The van der Waals surface area contributed by atoms with Gasteiger partial charge in [-0.1, -0.05) is 19.1 Å². The number of hydrogen-bond acceptors (Lipinski definition) is 6. The van der Waals surface area contributed by atoms with E-state index >= 15 is 0 Å². The van der Waals surface area contributed by atoms with E-state index in [4.69, 9.17) is 9.47 Å². The van der Waals surface area contributed by atoms with Crippen molar-refractivity contribution in [3.8, 4) is 11.5 Å². The van der Waals surface area contributed by atoms with Gasteiger partial charge in [-0.25, -0.2) is 4.79 Å². The number of amides is 2. The van der Waals surface area contributed by atoms with Gasteiger partial charge in [0.15, 0.2) is 11.5 Å². The number of fused-ring (bicyclic) bond motifs is 1. The normalized spacial score (nSPS) is 14.2. The summed E-state index contributed by atoms with van der Waals surface area (Å²) in [6.45, 7) is 5.02. The fourth-order valence-corrected chi connectivity index (χ4v) is 4.77. The molecule has 2 heterocycles. The topological polar surface area (TPSA) is 112 Å². The predicted octanol–water partition coefficient (Wildman–Crippen LogP) is 2.77. The number of benzene rings is 2. The molecule has 1 N–H and O–H groups in total. The molecule has 1 aromatic heterocycles. The molecule has 0 bridgehead atoms. The van der Waals surface area contributed by atoms with Gasteiger partial charge >= 0.3 is 5.69 Å². The summed E-state index contributed by atoms with van der Waals surface area (Å²) in [5.41, 5.74) is 0.371. The van der Waals surface area contributed by atoms with Gasteiger partial charge in [0.05, 0.1) is 31.7 Å². The Morgan fingerprint density at radius 3 is 2.21 bits per heavy atom. The van der Waals surface area contributed by atoms with E-state index in [-0.39, 0.29) is 36.3 Å². The minimum Gasteiger partial charge on any atom is -0.493 e. The van der Waals surface area contributed by atoms with Gasteiger partial charge in [0.2, 0.25) is 5.91 Å². The fourth-order valence-electron chi connectivity index (χ4n) is 4.77. The lowest BCUT2D eigenvalue weighted by Crippen LogP contribution is -2.44. The van der Waals surface area contributed by atoms with Crippen LogP contribution in [0.4, 0.5) is 0 Å². The van der Waals surface area contributed by atoms with Crippen molar-refractivity contribution in [3.63, 3.8) is 0 Å². The van der Waals surface area contributed by atoms with Gasteiger partial charge in [0, 0.05) is 30.8 Å². The van der Waals surface area contributed by atoms with Crippen LogP contribution in [-0.2, 0) is 17.9 Å². The van der Waals surface area contributed by atoms with Crippen molar-refractivity contribution in [1.29, 1.82) is 0 Å². The van der Waals surface area contributed by atoms with E-state index < -0.39 is 11.2 Å². The minimum absolute atomic E-state index is 0.0207. The van der Waals surface area contributed by atoms with Crippen molar-refractivity contribution in [2.45, 2.75) is 58.7 Å². The van der Waals surface area contributed by atoms with Gasteiger partial charge in [0.25, 0.3) is 11.5 Å². The zero-order chi connectivity index (χ0) is 28.1. The molecule has 1 unspecified atom stereocenters. The van der Waals surface area contributed by atoms with Gasteiger partial charge in [-0.05, 0) is 56.4 Å². The van der Waals surface area contributed by atoms with Crippen LogP contribution in [0, 0.1) is 0 Å². The van der Waals surface area contributed by atoms with Gasteiger partial charge in [-0.15, -0.1) is 0 Å². The second kappa shape index (κ2) is 12.2. The number of likely N-dealkylation sites (tertiary alicyclic amines) is 1. The van der Waals surface area contributed by atoms with Crippen LogP contribution in [0.3, 0.4) is 0 Å². The molecule has 10 heteroatoms. The van der Waals surface area contributed by atoms with E-state index in [1.54, 1.807) is 35.2 Å². The van der Waals surface area contributed by atoms with Crippen LogP contribution in [0.5, 0.6) is 11.5 Å². The van der Waals surface area contributed by atoms with Crippen LogP contribution < -0.4 is 26.0 Å². The van der Waals surface area contributed by atoms with E-state index in [1.165, 1.54) is 24.9 Å². The highest BCUT2D eigenvalue weighted by molar-refractivity contribution is 5.94. The number of rotatable bonds is 9. The Kier molecular flexibility index (Phi) is 8.73. The molecular formula is C29H36N4O6. The summed E-state index contributed by atoms with van der Waals surface area (Å²) >= 11 is 0. The van der Waals surface area contributed by atoms with E-state index in [2.05, 4.69) is 5.32 Å². The SMILES string of the molecule is CCC(C)NC(=O)c1ccc(Cn2c(=O)c3cc(OC)c(OC)cc3n(CC(=O)N3CCCCC3)c2=O)cc1. The quantitative estimate of drug-likeness (QED) is 0.450. The molecule has 0 spiro atoms. The molecule has 0 saturated carbocycles. The maximum absolute atomic E-state index is 13.7. The maximum atomic E-state index is 13.7. The zero-order valence-electron chi connectivity index (χ0n) is 23.0. The number of carbonyl (C=O) groups excluding carboxylic acids is 2. The van der Waals surface area contributed by atoms with E-state index in [1.807, 2.05) is 13.8 Å². The number of piperidine rings is 1. The van der Waals surface area contributed by atoms with Crippen LogP contribution in [0.25, 0.3) is 10.9 Å². The molecule has 10 nitrogen and oxygen atoms in total. The molecule has 1 atom stereocenters. The van der Waals surface area contributed by atoms with Crippen molar-refractivity contribution in [3.05, 3.63) is 68.4 Å². The van der Waals surface area contributed by atoms with E-state index in [0.29, 0.717) is 41.2 Å². The van der Waals surface area contributed by atoms with Crippen LogP contribution in [-0.4, -0.2) is 59.2 Å². The predicted molar refractivity (Wildman–Crippen MR) is 149 cm³/mol. The highest BCUT2D eigenvalue weighted by atomic mass is 16.5. The first-order valence-corrected chi connectivity index (χ1v) is 13.3. The number of carbonyl (C=O) groups is 2. The minimum atomic E-state index is -0.594. The lowest BCUT2D eigenvalue weighted by Gasteiger charge is -2.27. The first-order chi connectivity index (χ1) is 18.8. The highest BCUT2D eigenvalue weighted by Gasteiger charge is 2.22. The van der Waals surface area contributed by atoms with Crippen LogP contribution >= 0.6 is 0 Å². The molecule has 1 aliphatic heterocycles. The molecule has 208 valence electrons. The lowest BCUT2D eigenvalue weighted by atomic mass is 10.1. The molecule has 4 rings (SSSR count). The van der Waals surface area contributed by atoms with Crippen molar-refractivity contribution < 1.29 is 19.1 Å². The van der Waals surface area contributed by atoms with Crippen LogP contribution in [0.1, 0.15) is 55.5 Å². The lowest BCUT2D eigenvalue weighted by molar-refractivity contribution is -0.132. The first-order valence-electron chi connectivity index (χ1n) is 13.3. The van der Waals surface area contributed by atoms with Crippen molar-refractivity contribution >= 4 is 22.7 Å². The molecule has 0 radical (unpaired) electrons. The number of methoxy groups -OCH3 is 2. The van der Waals surface area contributed by atoms with Crippen LogP contribution in [0.2, 0.25) is 0 Å². The highest BCUT2D eigenvalue weighted by Crippen LogP contribution is 2.30. The molecular weight excluding hydrogens is 500 g/mol. The van der Waals surface area contributed by atoms with Crippen molar-refractivity contribution in [1.82, 2.24) is 19.4 Å². The smallest absolute Gasteiger partial charge is 0.332 e. The Labute approximate surface area is 227 Å². The Bertz CT molecular complexity index is 1470. The molecule has 0 aliphatic carbocycles. The second-order valence-electron chi connectivity index (χ2n) is 9.91. The Morgan fingerprint density at radius 1 is 0.949 bits per heavy atom. The molecule has 2 amide bonds. The molecule has 2 aromatic carbocycles. The van der Waals surface area contributed by atoms with Crippen LogP contribution in [0.15, 0.2) is 46.0 Å². The summed E-state index contributed by atoms with van der Waals surface area (Å²) in [5, 5.41) is 3.16. The summed E-state index contributed by atoms with van der Waals surface area (Å²) in [5.74, 6) is 0.345. The number of nitrogens with zero attached hydrogens (tertiary/aromatic N) is 3. The average molecular weight is 537 g/mol. The van der Waals surface area contributed by atoms with Gasteiger partial charge in [0.1, 0.15) is 6.54 Å². The standard InChI is InChI=1S/C29H36N4O6/c1-5-19(2)30-27(35)21-11-9-20(10-12-21)17-33-28(36)22-15-24(38-3)25(39-4)16-23(22)32(29(33)37)18-26(34)31-13-7-6-8-14-31/h9-12,15-16,19H,5-8,13-14,17-18H2,1-4H3,(H,30,35). The monoisotopic (exact) mass is 536 g/mol. The van der Waals surface area contributed by atoms with E-state index in [0.717, 1.165) is 30.3 Å². The van der Waals surface area contributed by atoms with E-state index in [9.17, 15) is 19.2 Å². The largest absolute Gasteiger partial charge is 0.493 e. The molecule has 1 fully saturated rings. The summed E-state index contributed by atoms with van der Waals surface area (Å²) in [7, 11) is 2.94. The summed E-state index contributed by atoms with van der Waals surface area (Å²) in [6.07, 6.45) is 3.75. The number of aromatic nitrogens is 2. The second-order valence-corrected chi connectivity index (χ2v) is 9.91. The van der Waals surface area contributed by atoms with Crippen molar-refractivity contribution in [2.24, 2.45) is 0 Å². The average Bonchev–Trinajstić information content (AvgIpc) is 2.97. The molecule has 3 aromatic rings. The summed E-state index contributed by atoms with van der Waals surface area (Å²) in [4.78, 5) is 54.7. The third-order valence-electron chi connectivity index (χ3n) is 7.28. The third-order valence-corrected chi connectivity index (χ3v) is 7.28. The summed E-state index contributed by atoms with van der Waals surface area (Å²) in [6, 6.07) is 9.94. The molecule has 1 aliphatic rings. The number of ether oxygens (including phenoxy) is 2. The fraction of sp³-hybridized carbons (Fsp3) is 0.448.